The van der Waals surface area contributed by atoms with Crippen LogP contribution < -0.4 is 5.32 Å². The smallest absolute Gasteiger partial charge is 0.307 e. The van der Waals surface area contributed by atoms with Gasteiger partial charge in [-0.25, -0.2) is 9.50 Å². The fraction of sp³-hybridized carbons (Fsp3) is 0.0667. The van der Waals surface area contributed by atoms with Crippen LogP contribution in [-0.2, 0) is 11.0 Å². The highest BCUT2D eigenvalue weighted by atomic mass is 32.2. The first-order valence-corrected chi connectivity index (χ1v) is 9.64. The van der Waals surface area contributed by atoms with E-state index in [1.165, 1.54) is 30.3 Å². The highest BCUT2D eigenvalue weighted by Gasteiger charge is 2.36. The number of carbonyl (C=O) groups excluding carboxylic acids is 1. The molecule has 0 atom stereocenters. The first-order valence-electron chi connectivity index (χ1n) is 7.60. The van der Waals surface area contributed by atoms with Gasteiger partial charge in [0.05, 0.1) is 21.2 Å². The number of carbonyl (C=O) groups is 1. The van der Waals surface area contributed by atoms with Crippen LogP contribution in [0, 0.1) is 10.1 Å². The molecule has 1 aliphatic rings. The zero-order valence-electron chi connectivity index (χ0n) is 13.8. The monoisotopic (exact) mass is 457 g/mol. The van der Waals surface area contributed by atoms with Crippen molar-refractivity contribution in [3.63, 3.8) is 0 Å². The Bertz CT molecular complexity index is 1210. The van der Waals surface area contributed by atoms with Crippen molar-refractivity contribution < 1.29 is 22.9 Å². The van der Waals surface area contributed by atoms with Crippen molar-refractivity contribution in [1.82, 2.24) is 19.9 Å². The van der Waals surface area contributed by atoms with Gasteiger partial charge in [-0.2, -0.15) is 13.2 Å². The topological polar surface area (TPSA) is 102 Å². The van der Waals surface area contributed by atoms with Gasteiger partial charge in [-0.05, 0) is 18.2 Å². The number of alkyl halides is 3. The molecule has 1 aromatic carbocycles. The third kappa shape index (κ3) is 3.61. The van der Waals surface area contributed by atoms with Crippen LogP contribution in [0.15, 0.2) is 29.2 Å². The molecule has 3 aromatic rings. The second-order valence-electron chi connectivity index (χ2n) is 5.60. The number of thiocarbonyl (C=S) groups is 1. The predicted octanol–water partition coefficient (Wildman–Crippen LogP) is 3.87. The number of nitrogens with one attached hydrogen (secondary N) is 1. The third-order valence-electron chi connectivity index (χ3n) is 3.74. The molecule has 1 aliphatic heterocycles. The standard InChI is InChI=1S/C15H6F3N5O3S3/c16-15(17,18)12-21-22-8(5-9-11(24)20-14(27)28-9)10(19-13(22)29-12)6-1-3-7(4-2-6)23(25)26/h1-5H,(H,20,24,27)/b9-5-. The molecule has 14 heteroatoms. The maximum atomic E-state index is 13.0. The zero-order chi connectivity index (χ0) is 20.9. The van der Waals surface area contributed by atoms with Gasteiger partial charge < -0.3 is 5.32 Å². The number of fused-ring (bicyclic) bond motifs is 1. The third-order valence-corrected chi connectivity index (χ3v) is 5.86. The van der Waals surface area contributed by atoms with Gasteiger partial charge in [-0.3, -0.25) is 14.9 Å². The number of hydrogen-bond acceptors (Lipinski definition) is 8. The van der Waals surface area contributed by atoms with Gasteiger partial charge in [-0.1, -0.05) is 35.3 Å². The highest BCUT2D eigenvalue weighted by Crippen LogP contribution is 2.37. The summed E-state index contributed by atoms with van der Waals surface area (Å²) in [6.45, 7) is 0. The molecule has 0 unspecified atom stereocenters. The normalized spacial score (nSPS) is 16.0. The second-order valence-corrected chi connectivity index (χ2v) is 8.28. The molecule has 148 valence electrons. The van der Waals surface area contributed by atoms with Crippen molar-refractivity contribution in [2.75, 3.05) is 0 Å². The van der Waals surface area contributed by atoms with Gasteiger partial charge in [0.15, 0.2) is 0 Å². The van der Waals surface area contributed by atoms with Crippen molar-refractivity contribution in [2.45, 2.75) is 6.18 Å². The van der Waals surface area contributed by atoms with Crippen LogP contribution in [-0.4, -0.2) is 29.7 Å². The van der Waals surface area contributed by atoms with E-state index in [0.717, 1.165) is 16.3 Å². The number of amides is 1. The van der Waals surface area contributed by atoms with Crippen LogP contribution in [0.4, 0.5) is 18.9 Å². The number of nitrogens with zero attached hydrogens (tertiary/aromatic N) is 4. The first-order chi connectivity index (χ1) is 13.6. The predicted molar refractivity (Wildman–Crippen MR) is 104 cm³/mol. The minimum Gasteiger partial charge on any atom is -0.307 e. The van der Waals surface area contributed by atoms with Crippen LogP contribution in [0.1, 0.15) is 10.7 Å². The Hall–Kier alpha value is -2.84. The summed E-state index contributed by atoms with van der Waals surface area (Å²) in [6.07, 6.45) is -3.31. The minimum atomic E-state index is -4.65. The van der Waals surface area contributed by atoms with Crippen molar-refractivity contribution in [3.8, 4) is 11.3 Å². The number of nitro benzene ring substituents is 1. The Morgan fingerprint density at radius 2 is 1.97 bits per heavy atom. The molecule has 0 radical (unpaired) electrons. The maximum absolute atomic E-state index is 13.0. The van der Waals surface area contributed by atoms with Crippen LogP contribution in [0.25, 0.3) is 22.3 Å². The van der Waals surface area contributed by atoms with Gasteiger partial charge >= 0.3 is 6.18 Å². The summed E-state index contributed by atoms with van der Waals surface area (Å²) in [4.78, 5) is 26.6. The van der Waals surface area contributed by atoms with Gasteiger partial charge in [0.1, 0.15) is 4.32 Å². The number of thioether (sulfide) groups is 1. The number of non-ortho nitro benzene ring substituents is 1. The summed E-state index contributed by atoms with van der Waals surface area (Å²) in [5.74, 6) is -0.490. The molecule has 1 amide bonds. The lowest BCUT2D eigenvalue weighted by Gasteiger charge is -2.02. The van der Waals surface area contributed by atoms with Gasteiger partial charge in [0, 0.05) is 17.7 Å². The molecule has 8 nitrogen and oxygen atoms in total. The number of hydrogen-bond donors (Lipinski definition) is 1. The molecule has 3 heterocycles. The Morgan fingerprint density at radius 3 is 2.52 bits per heavy atom. The average Bonchev–Trinajstić information content (AvgIpc) is 3.29. The quantitative estimate of drug-likeness (QED) is 0.276. The number of rotatable bonds is 3. The number of benzene rings is 1. The second kappa shape index (κ2) is 6.89. The first kappa shape index (κ1) is 19.5. The lowest BCUT2D eigenvalue weighted by Crippen LogP contribution is -2.17. The molecule has 0 aliphatic carbocycles. The van der Waals surface area contributed by atoms with E-state index in [9.17, 15) is 28.1 Å². The Balaban J connectivity index is 1.90. The molecule has 1 saturated heterocycles. The lowest BCUT2D eigenvalue weighted by atomic mass is 10.1. The summed E-state index contributed by atoms with van der Waals surface area (Å²) in [6, 6.07) is 5.34. The molecule has 2 aromatic heterocycles. The Morgan fingerprint density at radius 1 is 1.28 bits per heavy atom. The number of aromatic nitrogens is 3. The van der Waals surface area contributed by atoms with Gasteiger partial charge in [0.25, 0.3) is 11.6 Å². The van der Waals surface area contributed by atoms with E-state index in [-0.39, 0.29) is 31.3 Å². The van der Waals surface area contributed by atoms with E-state index < -0.39 is 22.0 Å². The fourth-order valence-electron chi connectivity index (χ4n) is 2.51. The fourth-order valence-corrected chi connectivity index (χ4v) is 4.30. The van der Waals surface area contributed by atoms with E-state index in [0.29, 0.717) is 16.9 Å². The number of imidazole rings is 1. The molecule has 0 saturated carbocycles. The van der Waals surface area contributed by atoms with E-state index in [1.54, 1.807) is 0 Å². The van der Waals surface area contributed by atoms with Crippen molar-refractivity contribution in [1.29, 1.82) is 0 Å². The maximum Gasteiger partial charge on any atom is 0.445 e. The lowest BCUT2D eigenvalue weighted by molar-refractivity contribution is -0.384. The zero-order valence-corrected chi connectivity index (χ0v) is 16.2. The molecule has 29 heavy (non-hydrogen) atoms. The molecular weight excluding hydrogens is 451 g/mol. The summed E-state index contributed by atoms with van der Waals surface area (Å²) in [7, 11) is 0. The summed E-state index contributed by atoms with van der Waals surface area (Å²) in [5.41, 5.74) is 0.622. The molecule has 1 N–H and O–H groups in total. The van der Waals surface area contributed by atoms with Crippen LogP contribution in [0.5, 0.6) is 0 Å². The van der Waals surface area contributed by atoms with Crippen LogP contribution in [0.3, 0.4) is 0 Å². The van der Waals surface area contributed by atoms with E-state index in [4.69, 9.17) is 12.2 Å². The largest absolute Gasteiger partial charge is 0.445 e. The van der Waals surface area contributed by atoms with Crippen molar-refractivity contribution in [3.05, 3.63) is 50.0 Å². The molecule has 4 rings (SSSR count). The van der Waals surface area contributed by atoms with E-state index in [1.807, 2.05) is 0 Å². The minimum absolute atomic E-state index is 0.0384. The Labute approximate surface area is 172 Å². The highest BCUT2D eigenvalue weighted by molar-refractivity contribution is 8.26. The molecule has 1 fully saturated rings. The summed E-state index contributed by atoms with van der Waals surface area (Å²) in [5, 5.41) is 15.8. The van der Waals surface area contributed by atoms with Gasteiger partial charge in [0.2, 0.25) is 9.97 Å². The van der Waals surface area contributed by atoms with Crippen LogP contribution >= 0.6 is 35.3 Å². The summed E-state index contributed by atoms with van der Waals surface area (Å²) >= 11 is 6.23. The number of nitro groups is 1. The average molecular weight is 457 g/mol. The van der Waals surface area contributed by atoms with Crippen molar-refractivity contribution in [2.24, 2.45) is 0 Å². The Kier molecular flexibility index (Phi) is 4.63. The van der Waals surface area contributed by atoms with Crippen molar-refractivity contribution >= 4 is 62.3 Å². The van der Waals surface area contributed by atoms with Crippen LogP contribution in [0.2, 0.25) is 0 Å². The summed E-state index contributed by atoms with van der Waals surface area (Å²) < 4.78 is 40.3. The van der Waals surface area contributed by atoms with Gasteiger partial charge in [-0.15, -0.1) is 5.10 Å². The molecule has 0 bridgehead atoms. The number of halogens is 3. The van der Waals surface area contributed by atoms with E-state index >= 15 is 0 Å². The molecule has 0 spiro atoms. The molecular formula is C15H6F3N5O3S3. The van der Waals surface area contributed by atoms with E-state index in [2.05, 4.69) is 15.4 Å². The SMILES string of the molecule is O=C1NC(=S)S/C1=C\c1c(-c2ccc([N+](=O)[O-])cc2)nc2sc(C(F)(F)F)nn12.